The van der Waals surface area contributed by atoms with Crippen LogP contribution in [0, 0.1) is 10.1 Å². The molecular weight excluding hydrogens is 402 g/mol. The Bertz CT molecular complexity index is 1250. The number of fused-ring (bicyclic) bond motifs is 2. The molecule has 0 bridgehead atoms. The van der Waals surface area contributed by atoms with Crippen LogP contribution in [-0.4, -0.2) is 33.5 Å². The van der Waals surface area contributed by atoms with E-state index in [9.17, 15) is 24.5 Å². The molecule has 0 aliphatic heterocycles. The van der Waals surface area contributed by atoms with E-state index in [4.69, 9.17) is 4.74 Å². The molecule has 3 aromatic rings. The highest BCUT2D eigenvalue weighted by atomic mass is 16.6. The van der Waals surface area contributed by atoms with Crippen molar-refractivity contribution in [2.24, 2.45) is 0 Å². The number of hydrogen-bond acceptors (Lipinski definition) is 7. The summed E-state index contributed by atoms with van der Waals surface area (Å²) in [5, 5.41) is 13.7. The highest BCUT2D eigenvalue weighted by Gasteiger charge is 2.30. The average molecular weight is 417 g/mol. The zero-order valence-corrected chi connectivity index (χ0v) is 16.2. The van der Waals surface area contributed by atoms with Crippen molar-refractivity contribution in [1.29, 1.82) is 0 Å². The van der Waals surface area contributed by atoms with E-state index in [1.165, 1.54) is 43.5 Å². The lowest BCUT2D eigenvalue weighted by Gasteiger charge is -2.19. The molecule has 2 aromatic carbocycles. The summed E-state index contributed by atoms with van der Waals surface area (Å²) in [6.45, 7) is 1.43. The Morgan fingerprint density at radius 2 is 1.65 bits per heavy atom. The number of rotatable bonds is 5. The van der Waals surface area contributed by atoms with Gasteiger partial charge in [-0.1, -0.05) is 24.3 Å². The smallest absolute Gasteiger partial charge is 0.406 e. The first-order chi connectivity index (χ1) is 14.9. The van der Waals surface area contributed by atoms with Gasteiger partial charge in [-0.2, -0.15) is 0 Å². The Morgan fingerprint density at radius 3 is 2.32 bits per heavy atom. The molecule has 1 atom stereocenters. The Morgan fingerprint density at radius 1 is 1.00 bits per heavy atom. The van der Waals surface area contributed by atoms with E-state index in [1.54, 1.807) is 24.3 Å². The van der Waals surface area contributed by atoms with Crippen LogP contribution >= 0.6 is 0 Å². The highest BCUT2D eigenvalue weighted by Crippen LogP contribution is 2.29. The molecule has 4 rings (SSSR count). The number of carbonyl (C=O) groups excluding carboxylic acids is 3. The third kappa shape index (κ3) is 3.64. The maximum absolute atomic E-state index is 12.8. The first-order valence-electron chi connectivity index (χ1n) is 9.26. The zero-order chi connectivity index (χ0) is 22.1. The van der Waals surface area contributed by atoms with Crippen LogP contribution in [0.4, 0.5) is 11.5 Å². The van der Waals surface area contributed by atoms with Gasteiger partial charge in [0.15, 0.2) is 17.7 Å². The van der Waals surface area contributed by atoms with Crippen molar-refractivity contribution < 1.29 is 24.0 Å². The molecule has 1 aromatic heterocycles. The van der Waals surface area contributed by atoms with Crippen LogP contribution in [0.2, 0.25) is 0 Å². The zero-order valence-electron chi connectivity index (χ0n) is 16.2. The van der Waals surface area contributed by atoms with Gasteiger partial charge in [0.1, 0.15) is 6.20 Å². The number of anilines is 1. The van der Waals surface area contributed by atoms with E-state index >= 15 is 0 Å². The first-order valence-corrected chi connectivity index (χ1v) is 9.26. The standard InChI is InChI=1S/C22H15N3O6/c1-12(31-18-7-4-10-23-21(18)25(29)30)22(28)24-13-8-9-16-17(11-13)20(27)15-6-3-2-5-14(15)19(16)26/h2-12H,1H3,(H,24,28). The summed E-state index contributed by atoms with van der Waals surface area (Å²) in [6.07, 6.45) is 0.163. The summed E-state index contributed by atoms with van der Waals surface area (Å²) in [5.41, 5.74) is 1.40. The summed E-state index contributed by atoms with van der Waals surface area (Å²) in [7, 11) is 0. The van der Waals surface area contributed by atoms with Gasteiger partial charge in [-0.05, 0) is 47.2 Å². The van der Waals surface area contributed by atoms with Gasteiger partial charge in [0.25, 0.3) is 5.91 Å². The summed E-state index contributed by atoms with van der Waals surface area (Å²) in [4.78, 5) is 52.0. The number of nitrogens with zero attached hydrogens (tertiary/aromatic N) is 2. The lowest BCUT2D eigenvalue weighted by Crippen LogP contribution is -2.30. The molecule has 0 radical (unpaired) electrons. The summed E-state index contributed by atoms with van der Waals surface area (Å²) in [6, 6.07) is 13.8. The third-order valence-corrected chi connectivity index (χ3v) is 4.79. The number of benzene rings is 2. The number of nitrogens with one attached hydrogen (secondary N) is 1. The van der Waals surface area contributed by atoms with Crippen molar-refractivity contribution in [1.82, 2.24) is 4.98 Å². The van der Waals surface area contributed by atoms with Crippen molar-refractivity contribution in [3.63, 3.8) is 0 Å². The minimum Gasteiger partial charge on any atom is -0.473 e. The maximum Gasteiger partial charge on any atom is 0.406 e. The van der Waals surface area contributed by atoms with Crippen LogP contribution in [0.3, 0.4) is 0 Å². The Hall–Kier alpha value is -4.40. The van der Waals surface area contributed by atoms with Crippen LogP contribution in [0.1, 0.15) is 38.8 Å². The Labute approximate surface area is 175 Å². The lowest BCUT2D eigenvalue weighted by molar-refractivity contribution is -0.390. The summed E-state index contributed by atoms with van der Waals surface area (Å²) in [5.74, 6) is -1.80. The summed E-state index contributed by atoms with van der Waals surface area (Å²) < 4.78 is 5.40. The topological polar surface area (TPSA) is 128 Å². The number of ketones is 2. The van der Waals surface area contributed by atoms with Gasteiger partial charge >= 0.3 is 5.82 Å². The van der Waals surface area contributed by atoms with Gasteiger partial charge in [0.2, 0.25) is 5.75 Å². The predicted molar refractivity (Wildman–Crippen MR) is 109 cm³/mol. The molecule has 1 heterocycles. The number of amides is 1. The van der Waals surface area contributed by atoms with Gasteiger partial charge < -0.3 is 20.2 Å². The molecule has 1 aliphatic carbocycles. The molecule has 1 amide bonds. The van der Waals surface area contributed by atoms with Gasteiger partial charge in [-0.15, -0.1) is 0 Å². The minimum atomic E-state index is -1.09. The maximum atomic E-state index is 12.8. The van der Waals surface area contributed by atoms with E-state index in [2.05, 4.69) is 10.3 Å². The predicted octanol–water partition coefficient (Wildman–Crippen LogP) is 3.17. The Balaban J connectivity index is 1.54. The Kier molecular flexibility index (Phi) is 5.00. The number of ether oxygens (including phenoxy) is 1. The van der Waals surface area contributed by atoms with Gasteiger partial charge in [0, 0.05) is 27.9 Å². The summed E-state index contributed by atoms with van der Waals surface area (Å²) >= 11 is 0. The largest absolute Gasteiger partial charge is 0.473 e. The normalized spacial score (nSPS) is 13.1. The van der Waals surface area contributed by atoms with Crippen molar-refractivity contribution in [2.45, 2.75) is 13.0 Å². The molecule has 1 N–H and O–H groups in total. The van der Waals surface area contributed by atoms with Crippen LogP contribution in [-0.2, 0) is 4.79 Å². The van der Waals surface area contributed by atoms with Crippen LogP contribution in [0.15, 0.2) is 60.8 Å². The molecule has 1 unspecified atom stereocenters. The molecule has 0 spiro atoms. The molecule has 9 heteroatoms. The van der Waals surface area contributed by atoms with Crippen LogP contribution in [0.25, 0.3) is 0 Å². The number of pyridine rings is 1. The lowest BCUT2D eigenvalue weighted by atomic mass is 9.84. The minimum absolute atomic E-state index is 0.141. The number of carbonyl (C=O) groups is 3. The fraction of sp³-hybridized carbons (Fsp3) is 0.0909. The van der Waals surface area contributed by atoms with Crippen LogP contribution in [0.5, 0.6) is 5.75 Å². The van der Waals surface area contributed by atoms with E-state index in [-0.39, 0.29) is 28.4 Å². The molecule has 154 valence electrons. The molecule has 9 nitrogen and oxygen atoms in total. The SMILES string of the molecule is CC(Oc1cccnc1[N+](=O)[O-])C(=O)Nc1ccc2c(c1)C(=O)c1ccccc1C2=O. The molecule has 0 fully saturated rings. The van der Waals surface area contributed by atoms with Gasteiger partial charge in [-0.3, -0.25) is 14.4 Å². The quantitative estimate of drug-likeness (QED) is 0.390. The van der Waals surface area contributed by atoms with Crippen molar-refractivity contribution >= 4 is 29.0 Å². The van der Waals surface area contributed by atoms with Gasteiger partial charge in [0.05, 0.1) is 0 Å². The van der Waals surface area contributed by atoms with Crippen molar-refractivity contribution in [3.05, 3.63) is 93.2 Å². The highest BCUT2D eigenvalue weighted by molar-refractivity contribution is 6.28. The van der Waals surface area contributed by atoms with E-state index in [0.29, 0.717) is 16.8 Å². The molecule has 1 aliphatic rings. The average Bonchev–Trinajstić information content (AvgIpc) is 2.77. The van der Waals surface area contributed by atoms with E-state index < -0.39 is 22.8 Å². The van der Waals surface area contributed by atoms with Gasteiger partial charge in [-0.25, -0.2) is 0 Å². The molecular formula is C22H15N3O6. The second-order valence-corrected chi connectivity index (χ2v) is 6.80. The van der Waals surface area contributed by atoms with E-state index in [0.717, 1.165) is 0 Å². The van der Waals surface area contributed by atoms with Crippen molar-refractivity contribution in [2.75, 3.05) is 5.32 Å². The van der Waals surface area contributed by atoms with E-state index in [1.807, 2.05) is 0 Å². The molecule has 0 saturated carbocycles. The molecule has 31 heavy (non-hydrogen) atoms. The molecule has 0 saturated heterocycles. The number of nitro groups is 1. The fourth-order valence-electron chi connectivity index (χ4n) is 3.28. The van der Waals surface area contributed by atoms with Crippen molar-refractivity contribution in [3.8, 4) is 5.75 Å². The second-order valence-electron chi connectivity index (χ2n) is 6.80. The number of aromatic nitrogens is 1. The fourth-order valence-corrected chi connectivity index (χ4v) is 3.28. The number of hydrogen-bond donors (Lipinski definition) is 1. The monoisotopic (exact) mass is 417 g/mol. The second kappa shape index (κ2) is 7.79. The van der Waals surface area contributed by atoms with Crippen LogP contribution < -0.4 is 10.1 Å². The first kappa shape index (κ1) is 19.9. The third-order valence-electron chi connectivity index (χ3n) is 4.79.